The number of likely N-dealkylation sites (tertiary alicyclic amines) is 1. The van der Waals surface area contributed by atoms with Gasteiger partial charge in [0.2, 0.25) is 17.7 Å². The molecule has 0 radical (unpaired) electrons. The van der Waals surface area contributed by atoms with Gasteiger partial charge in [0.05, 0.1) is 29.2 Å². The Hall–Kier alpha value is -1.80. The summed E-state index contributed by atoms with van der Waals surface area (Å²) in [5, 5.41) is 10.2. The summed E-state index contributed by atoms with van der Waals surface area (Å²) in [4.78, 5) is 48.3. The average molecular weight is 532 g/mol. The van der Waals surface area contributed by atoms with E-state index < -0.39 is 33.4 Å². The highest BCUT2D eigenvalue weighted by Gasteiger charge is 2.78. The molecule has 4 aliphatic rings. The van der Waals surface area contributed by atoms with Crippen LogP contribution < -0.4 is 0 Å². The molecule has 1 saturated carbocycles. The Labute approximate surface area is 226 Å². The molecule has 2 unspecified atom stereocenters. The van der Waals surface area contributed by atoms with Gasteiger partial charge in [0, 0.05) is 30.4 Å². The summed E-state index contributed by atoms with van der Waals surface area (Å²) in [7, 11) is 0. The number of thioether (sulfide) groups is 1. The summed E-state index contributed by atoms with van der Waals surface area (Å²) in [5.41, 5.74) is 0. The number of aliphatic hydroxyl groups is 1. The van der Waals surface area contributed by atoms with Crippen LogP contribution in [-0.2, 0) is 14.4 Å². The molecule has 3 aliphatic heterocycles. The van der Waals surface area contributed by atoms with Gasteiger partial charge in [-0.15, -0.1) is 24.9 Å². The van der Waals surface area contributed by atoms with Crippen LogP contribution in [0.5, 0.6) is 0 Å². The first-order valence-corrected chi connectivity index (χ1v) is 15.0. The molecule has 6 atom stereocenters. The number of amides is 3. The van der Waals surface area contributed by atoms with Gasteiger partial charge in [-0.25, -0.2) is 0 Å². The maximum atomic E-state index is 14.5. The van der Waals surface area contributed by atoms with Crippen molar-refractivity contribution in [2.24, 2.45) is 11.8 Å². The van der Waals surface area contributed by atoms with Gasteiger partial charge in [0.25, 0.3) is 0 Å². The Bertz CT molecular complexity index is 921. The van der Waals surface area contributed by atoms with E-state index in [2.05, 4.69) is 20.1 Å². The van der Waals surface area contributed by atoms with Crippen LogP contribution in [0.15, 0.2) is 25.3 Å². The van der Waals surface area contributed by atoms with Crippen molar-refractivity contribution in [3.8, 4) is 0 Å². The number of carbonyl (C=O) groups excluding carboxylic acids is 3. The lowest BCUT2D eigenvalue weighted by molar-refractivity contribution is -0.148. The third kappa shape index (κ3) is 4.56. The molecule has 4 fully saturated rings. The molecular formula is C29H45N3O4S. The third-order valence-electron chi connectivity index (χ3n) is 9.23. The number of fused-ring (bicyclic) bond motifs is 1. The van der Waals surface area contributed by atoms with Gasteiger partial charge in [0.1, 0.15) is 6.04 Å². The second-order valence-electron chi connectivity index (χ2n) is 11.6. The molecule has 3 heterocycles. The summed E-state index contributed by atoms with van der Waals surface area (Å²) in [5.74, 6) is -1.24. The Morgan fingerprint density at radius 2 is 1.84 bits per heavy atom. The fourth-order valence-electron chi connectivity index (χ4n) is 7.60. The summed E-state index contributed by atoms with van der Waals surface area (Å²) in [6.45, 7) is 15.0. The number of aliphatic hydroxyl groups excluding tert-OH is 1. The van der Waals surface area contributed by atoms with Crippen molar-refractivity contribution in [2.45, 2.75) is 99.8 Å². The Morgan fingerprint density at radius 3 is 2.43 bits per heavy atom. The van der Waals surface area contributed by atoms with Gasteiger partial charge in [-0.1, -0.05) is 38.3 Å². The zero-order chi connectivity index (χ0) is 27.0. The average Bonchev–Trinajstić information content (AvgIpc) is 3.47. The molecule has 3 amide bonds. The highest BCUT2D eigenvalue weighted by molar-refractivity contribution is 8.02. The number of carbonyl (C=O) groups is 3. The van der Waals surface area contributed by atoms with Crippen molar-refractivity contribution in [2.75, 3.05) is 26.2 Å². The minimum Gasteiger partial charge on any atom is -0.394 e. The second-order valence-corrected chi connectivity index (χ2v) is 13.5. The molecule has 8 heteroatoms. The predicted molar refractivity (Wildman–Crippen MR) is 148 cm³/mol. The van der Waals surface area contributed by atoms with Crippen molar-refractivity contribution in [3.05, 3.63) is 25.3 Å². The van der Waals surface area contributed by atoms with Crippen LogP contribution in [-0.4, -0.2) is 91.4 Å². The quantitative estimate of drug-likeness (QED) is 0.412. The van der Waals surface area contributed by atoms with Crippen molar-refractivity contribution in [1.82, 2.24) is 14.7 Å². The lowest BCUT2D eigenvalue weighted by Gasteiger charge is -2.42. The normalized spacial score (nSPS) is 33.8. The molecule has 37 heavy (non-hydrogen) atoms. The van der Waals surface area contributed by atoms with Crippen molar-refractivity contribution < 1.29 is 19.5 Å². The summed E-state index contributed by atoms with van der Waals surface area (Å²) >= 11 is 1.71. The number of nitrogens with zero attached hydrogens (tertiary/aromatic N) is 3. The zero-order valence-corrected chi connectivity index (χ0v) is 23.7. The van der Waals surface area contributed by atoms with Crippen LogP contribution in [0.4, 0.5) is 0 Å². The molecular weight excluding hydrogens is 486 g/mol. The minimum absolute atomic E-state index is 0.00314. The van der Waals surface area contributed by atoms with E-state index in [0.717, 1.165) is 44.9 Å². The molecule has 3 saturated heterocycles. The smallest absolute Gasteiger partial charge is 0.247 e. The predicted octanol–water partition coefficient (Wildman–Crippen LogP) is 3.62. The maximum Gasteiger partial charge on any atom is 0.247 e. The molecule has 1 spiro atoms. The molecule has 2 bridgehead atoms. The van der Waals surface area contributed by atoms with Crippen molar-refractivity contribution in [3.63, 3.8) is 0 Å². The molecule has 206 valence electrons. The van der Waals surface area contributed by atoms with E-state index in [9.17, 15) is 19.5 Å². The van der Waals surface area contributed by atoms with Gasteiger partial charge < -0.3 is 19.8 Å². The van der Waals surface area contributed by atoms with Crippen LogP contribution in [0, 0.1) is 11.8 Å². The number of hydrogen-bond donors (Lipinski definition) is 1. The zero-order valence-electron chi connectivity index (χ0n) is 22.9. The van der Waals surface area contributed by atoms with Gasteiger partial charge >= 0.3 is 0 Å². The first kappa shape index (κ1) is 28.2. The van der Waals surface area contributed by atoms with E-state index in [1.807, 2.05) is 23.6 Å². The Balaban J connectivity index is 1.77. The SMILES string of the molecule is C=CCN(CCC)C(=O)[C@H]1[C@H]2C(=O)N([C@H](C)CO)C(C(=O)N(CC=C)C3CCCCC3)C23CC[C@]1(C)S3. The van der Waals surface area contributed by atoms with E-state index in [-0.39, 0.29) is 30.4 Å². The molecule has 1 aliphatic carbocycles. The summed E-state index contributed by atoms with van der Waals surface area (Å²) in [6, 6.07) is -1.04. The first-order chi connectivity index (χ1) is 17.7. The lowest BCUT2D eigenvalue weighted by atomic mass is 9.66. The highest BCUT2D eigenvalue weighted by Crippen LogP contribution is 2.72. The van der Waals surface area contributed by atoms with E-state index >= 15 is 0 Å². The number of rotatable bonds is 11. The monoisotopic (exact) mass is 531 g/mol. The molecule has 0 aromatic heterocycles. The van der Waals surface area contributed by atoms with Gasteiger partial charge in [-0.2, -0.15) is 0 Å². The van der Waals surface area contributed by atoms with E-state index in [0.29, 0.717) is 19.6 Å². The Morgan fingerprint density at radius 1 is 1.16 bits per heavy atom. The van der Waals surface area contributed by atoms with Crippen LogP contribution in [0.1, 0.15) is 72.1 Å². The van der Waals surface area contributed by atoms with Crippen molar-refractivity contribution in [1.29, 1.82) is 0 Å². The van der Waals surface area contributed by atoms with E-state index in [1.165, 1.54) is 6.42 Å². The van der Waals surface area contributed by atoms with Crippen LogP contribution in [0.3, 0.4) is 0 Å². The third-order valence-corrected chi connectivity index (χ3v) is 11.2. The fourth-order valence-corrected chi connectivity index (χ4v) is 9.93. The van der Waals surface area contributed by atoms with E-state index in [4.69, 9.17) is 0 Å². The van der Waals surface area contributed by atoms with Gasteiger partial charge in [0.15, 0.2) is 0 Å². The minimum atomic E-state index is -0.683. The van der Waals surface area contributed by atoms with Gasteiger partial charge in [-0.3, -0.25) is 14.4 Å². The molecule has 0 aromatic rings. The maximum absolute atomic E-state index is 14.5. The summed E-state index contributed by atoms with van der Waals surface area (Å²) < 4.78 is -1.06. The molecule has 1 N–H and O–H groups in total. The number of hydrogen-bond acceptors (Lipinski definition) is 5. The largest absolute Gasteiger partial charge is 0.394 e. The fraction of sp³-hybridized carbons (Fsp3) is 0.759. The summed E-state index contributed by atoms with van der Waals surface area (Å²) in [6.07, 6.45) is 11.2. The highest BCUT2D eigenvalue weighted by atomic mass is 32.2. The van der Waals surface area contributed by atoms with Gasteiger partial charge in [-0.05, 0) is 46.0 Å². The first-order valence-electron chi connectivity index (χ1n) is 14.1. The Kier molecular flexibility index (Phi) is 8.49. The van der Waals surface area contributed by atoms with Crippen molar-refractivity contribution >= 4 is 29.5 Å². The van der Waals surface area contributed by atoms with E-state index in [1.54, 1.807) is 28.8 Å². The molecule has 4 rings (SSSR count). The van der Waals surface area contributed by atoms with Crippen LogP contribution >= 0.6 is 11.8 Å². The topological polar surface area (TPSA) is 81.2 Å². The van der Waals surface area contributed by atoms with Crippen LogP contribution in [0.2, 0.25) is 0 Å². The van der Waals surface area contributed by atoms with Crippen LogP contribution in [0.25, 0.3) is 0 Å². The molecule has 0 aromatic carbocycles. The standard InChI is InChI=1S/C29H45N3O4S/c1-6-16-30(17-7-2)25(34)22-23-26(35)32(20(4)19-33)24(29(23)15-14-28(22,5)37-29)27(36)31(18-8-3)21-12-10-9-11-13-21/h6,8,20-24,33H,1,3,7,9-19H2,2,4-5H3/t20-,22-,23+,24?,28+,29?/m1/s1. The molecule has 7 nitrogen and oxygen atoms in total. The lowest BCUT2D eigenvalue weighted by Crippen LogP contribution is -2.59. The second kappa shape index (κ2) is 11.1.